The summed E-state index contributed by atoms with van der Waals surface area (Å²) in [6.45, 7) is 3.53. The molecule has 4 rings (SSSR count). The predicted molar refractivity (Wildman–Crippen MR) is 112 cm³/mol. The van der Waals surface area contributed by atoms with Gasteiger partial charge in [-0.05, 0) is 50.2 Å². The van der Waals surface area contributed by atoms with Crippen molar-refractivity contribution in [2.75, 3.05) is 14.2 Å². The van der Waals surface area contributed by atoms with Crippen LogP contribution in [0.25, 0.3) is 6.08 Å². The maximum Gasteiger partial charge on any atom is 0.351 e. The van der Waals surface area contributed by atoms with Crippen molar-refractivity contribution in [2.45, 2.75) is 13.8 Å². The monoisotopic (exact) mass is 420 g/mol. The molecule has 2 heterocycles. The van der Waals surface area contributed by atoms with E-state index in [0.717, 1.165) is 5.76 Å². The molecule has 0 amide bonds. The summed E-state index contributed by atoms with van der Waals surface area (Å²) >= 11 is 0. The molecule has 7 heteroatoms. The number of furan rings is 1. The first-order valence-electron chi connectivity index (χ1n) is 9.50. The summed E-state index contributed by atoms with van der Waals surface area (Å²) in [5.74, 6) is 1.73. The number of aryl methyl sites for hydroxylation is 1. The van der Waals surface area contributed by atoms with Crippen molar-refractivity contribution in [1.82, 2.24) is 0 Å². The Morgan fingerprint density at radius 2 is 1.65 bits per heavy atom. The number of methoxy groups -OCH3 is 2. The fraction of sp³-hybridized carbons (Fsp3) is 0.167. The summed E-state index contributed by atoms with van der Waals surface area (Å²) in [7, 11) is 2.92. The number of carbonyl (C=O) groups excluding carboxylic acids is 2. The van der Waals surface area contributed by atoms with Gasteiger partial charge in [0.05, 0.1) is 19.8 Å². The first-order chi connectivity index (χ1) is 14.9. The number of hydrogen-bond acceptors (Lipinski definition) is 7. The number of rotatable bonds is 5. The minimum Gasteiger partial charge on any atom is -0.496 e. The van der Waals surface area contributed by atoms with Gasteiger partial charge in [-0.15, -0.1) is 0 Å². The van der Waals surface area contributed by atoms with Crippen molar-refractivity contribution < 1.29 is 33.0 Å². The Morgan fingerprint density at radius 3 is 2.26 bits per heavy atom. The van der Waals surface area contributed by atoms with Crippen molar-refractivity contribution in [3.8, 4) is 23.0 Å². The zero-order valence-electron chi connectivity index (χ0n) is 17.5. The lowest BCUT2D eigenvalue weighted by molar-refractivity contribution is 0.0726. The zero-order valence-corrected chi connectivity index (χ0v) is 17.5. The topological polar surface area (TPSA) is 84.2 Å². The van der Waals surface area contributed by atoms with Crippen molar-refractivity contribution in [3.63, 3.8) is 0 Å². The van der Waals surface area contributed by atoms with Crippen LogP contribution >= 0.6 is 0 Å². The normalized spacial score (nSPS) is 13.7. The van der Waals surface area contributed by atoms with Gasteiger partial charge >= 0.3 is 5.97 Å². The molecule has 0 fully saturated rings. The van der Waals surface area contributed by atoms with Gasteiger partial charge in [-0.2, -0.15) is 0 Å². The van der Waals surface area contributed by atoms with Crippen LogP contribution in [0.1, 0.15) is 37.8 Å². The van der Waals surface area contributed by atoms with Crippen LogP contribution in [0, 0.1) is 13.8 Å². The first-order valence-corrected chi connectivity index (χ1v) is 9.50. The van der Waals surface area contributed by atoms with E-state index in [1.165, 1.54) is 14.2 Å². The number of fused-ring (bicyclic) bond motifs is 1. The Labute approximate surface area is 178 Å². The Kier molecular flexibility index (Phi) is 5.25. The highest BCUT2D eigenvalue weighted by molar-refractivity contribution is 6.15. The van der Waals surface area contributed by atoms with Crippen LogP contribution in [0.3, 0.4) is 0 Å². The Balaban J connectivity index is 1.65. The molecule has 1 aromatic heterocycles. The molecule has 31 heavy (non-hydrogen) atoms. The smallest absolute Gasteiger partial charge is 0.351 e. The van der Waals surface area contributed by atoms with Crippen LogP contribution in [0.2, 0.25) is 0 Å². The molecule has 0 saturated carbocycles. The number of hydrogen-bond donors (Lipinski definition) is 0. The predicted octanol–water partition coefficient (Wildman–Crippen LogP) is 4.75. The highest BCUT2D eigenvalue weighted by atomic mass is 16.5. The van der Waals surface area contributed by atoms with E-state index in [9.17, 15) is 9.59 Å². The quantitative estimate of drug-likeness (QED) is 0.335. The molecule has 3 aromatic rings. The average molecular weight is 420 g/mol. The van der Waals surface area contributed by atoms with Crippen molar-refractivity contribution in [1.29, 1.82) is 0 Å². The summed E-state index contributed by atoms with van der Waals surface area (Å²) in [6, 6.07) is 11.7. The molecule has 0 radical (unpaired) electrons. The summed E-state index contributed by atoms with van der Waals surface area (Å²) in [5, 5.41) is 0. The molecule has 0 aliphatic carbocycles. The van der Waals surface area contributed by atoms with Crippen molar-refractivity contribution >= 4 is 17.8 Å². The van der Waals surface area contributed by atoms with E-state index >= 15 is 0 Å². The van der Waals surface area contributed by atoms with Gasteiger partial charge < -0.3 is 23.4 Å². The van der Waals surface area contributed by atoms with E-state index in [-0.39, 0.29) is 22.9 Å². The number of carbonyl (C=O) groups is 2. The van der Waals surface area contributed by atoms with Crippen LogP contribution < -0.4 is 18.9 Å². The molecule has 0 spiro atoms. The third-order valence-electron chi connectivity index (χ3n) is 4.91. The minimum atomic E-state index is -0.650. The van der Waals surface area contributed by atoms with Gasteiger partial charge in [-0.25, -0.2) is 4.79 Å². The van der Waals surface area contributed by atoms with Crippen molar-refractivity contribution in [2.24, 2.45) is 0 Å². The number of esters is 1. The Hall–Kier alpha value is -4.00. The molecule has 7 nitrogen and oxygen atoms in total. The summed E-state index contributed by atoms with van der Waals surface area (Å²) in [5.41, 5.74) is 1.08. The Bertz CT molecular complexity index is 1190. The molecule has 0 N–H and O–H groups in total. The van der Waals surface area contributed by atoms with E-state index < -0.39 is 5.97 Å². The second-order valence-electron chi connectivity index (χ2n) is 6.88. The fourth-order valence-corrected chi connectivity index (χ4v) is 3.34. The number of benzene rings is 2. The standard InChI is InChI=1S/C24H20O7/c1-13-8-9-15(29-13)12-20-22(25)16-10-11-17(14(2)23(16)30-20)31-24(26)21-18(27-3)6-5-7-19(21)28-4/h5-12H,1-4H3/b20-12-. The van der Waals surface area contributed by atoms with E-state index in [1.54, 1.807) is 55.5 Å². The Morgan fingerprint density at radius 1 is 0.935 bits per heavy atom. The number of ether oxygens (including phenoxy) is 4. The summed E-state index contributed by atoms with van der Waals surface area (Å²) in [4.78, 5) is 25.6. The first kappa shape index (κ1) is 20.3. The van der Waals surface area contributed by atoms with Crippen LogP contribution in [-0.2, 0) is 0 Å². The van der Waals surface area contributed by atoms with Gasteiger partial charge in [0.1, 0.15) is 40.1 Å². The minimum absolute atomic E-state index is 0.141. The maximum absolute atomic E-state index is 12.9. The molecule has 0 atom stereocenters. The lowest BCUT2D eigenvalue weighted by atomic mass is 10.1. The van der Waals surface area contributed by atoms with Gasteiger partial charge in [0.2, 0.25) is 5.78 Å². The van der Waals surface area contributed by atoms with Crippen LogP contribution in [-0.4, -0.2) is 26.0 Å². The number of allylic oxidation sites excluding steroid dienone is 1. The highest BCUT2D eigenvalue weighted by Crippen LogP contribution is 2.40. The van der Waals surface area contributed by atoms with Crippen LogP contribution in [0.5, 0.6) is 23.0 Å². The largest absolute Gasteiger partial charge is 0.496 e. The summed E-state index contributed by atoms with van der Waals surface area (Å²) in [6.07, 6.45) is 1.54. The van der Waals surface area contributed by atoms with Crippen LogP contribution in [0.4, 0.5) is 0 Å². The molecular formula is C24H20O7. The third-order valence-corrected chi connectivity index (χ3v) is 4.91. The van der Waals surface area contributed by atoms with E-state index in [0.29, 0.717) is 34.1 Å². The SMILES string of the molecule is COc1cccc(OC)c1C(=O)Oc1ccc2c(c1C)O/C(=C\c1ccc(C)o1)C2=O. The molecule has 158 valence electrons. The molecule has 0 saturated heterocycles. The molecule has 1 aliphatic rings. The van der Waals surface area contributed by atoms with E-state index in [2.05, 4.69) is 0 Å². The fourth-order valence-electron chi connectivity index (χ4n) is 3.34. The second-order valence-corrected chi connectivity index (χ2v) is 6.88. The molecule has 1 aliphatic heterocycles. The van der Waals surface area contributed by atoms with E-state index in [4.69, 9.17) is 23.4 Å². The summed E-state index contributed by atoms with van der Waals surface area (Å²) < 4.78 is 27.4. The highest BCUT2D eigenvalue weighted by Gasteiger charge is 2.31. The lowest BCUT2D eigenvalue weighted by Crippen LogP contribution is -2.12. The lowest BCUT2D eigenvalue weighted by Gasteiger charge is -2.14. The second kappa shape index (κ2) is 8.02. The van der Waals surface area contributed by atoms with Gasteiger partial charge in [-0.3, -0.25) is 4.79 Å². The van der Waals surface area contributed by atoms with E-state index in [1.807, 2.05) is 6.92 Å². The zero-order chi connectivity index (χ0) is 22.1. The van der Waals surface area contributed by atoms with Gasteiger partial charge in [0.25, 0.3) is 0 Å². The number of Topliss-reactive ketones (excluding diaryl/α,β-unsaturated/α-hetero) is 1. The molecule has 2 aromatic carbocycles. The average Bonchev–Trinajstić information content (AvgIpc) is 3.32. The van der Waals surface area contributed by atoms with Gasteiger partial charge in [0, 0.05) is 11.6 Å². The molecule has 0 bridgehead atoms. The van der Waals surface area contributed by atoms with Gasteiger partial charge in [-0.1, -0.05) is 6.07 Å². The maximum atomic E-state index is 12.9. The van der Waals surface area contributed by atoms with Crippen molar-refractivity contribution in [3.05, 3.63) is 76.4 Å². The third kappa shape index (κ3) is 3.66. The van der Waals surface area contributed by atoms with Gasteiger partial charge in [0.15, 0.2) is 5.76 Å². The number of ketones is 1. The molecule has 0 unspecified atom stereocenters. The molecular weight excluding hydrogens is 400 g/mol. The van der Waals surface area contributed by atoms with Crippen LogP contribution in [0.15, 0.2) is 52.6 Å².